The second-order valence-corrected chi connectivity index (χ2v) is 10.5. The van der Waals surface area contributed by atoms with E-state index in [-0.39, 0.29) is 17.7 Å². The van der Waals surface area contributed by atoms with Gasteiger partial charge in [-0.1, -0.05) is 48.5 Å². The number of methoxy groups -OCH3 is 1. The molecule has 5 heteroatoms. The van der Waals surface area contributed by atoms with Crippen LogP contribution in [0.4, 0.5) is 11.4 Å². The first kappa shape index (κ1) is 23.6. The van der Waals surface area contributed by atoms with Crippen molar-refractivity contribution in [3.05, 3.63) is 113 Å². The molecule has 0 radical (unpaired) electrons. The number of aryl methyl sites for hydroxylation is 1. The second-order valence-electron chi connectivity index (χ2n) is 10.5. The van der Waals surface area contributed by atoms with E-state index in [0.717, 1.165) is 52.5 Å². The van der Waals surface area contributed by atoms with Crippen LogP contribution in [0.2, 0.25) is 0 Å². The maximum absolute atomic E-state index is 14.0. The normalized spacial score (nSPS) is 18.8. The molecule has 0 saturated heterocycles. The van der Waals surface area contributed by atoms with Gasteiger partial charge in [-0.2, -0.15) is 0 Å². The molecule has 0 fully saturated rings. The van der Waals surface area contributed by atoms with Gasteiger partial charge in [-0.25, -0.2) is 0 Å². The van der Waals surface area contributed by atoms with Crippen LogP contribution in [0.1, 0.15) is 42.9 Å². The molecule has 2 N–H and O–H groups in total. The molecular weight excluding hydrogens is 482 g/mol. The summed E-state index contributed by atoms with van der Waals surface area (Å²) >= 11 is 0. The van der Waals surface area contributed by atoms with Gasteiger partial charge >= 0.3 is 0 Å². The van der Waals surface area contributed by atoms with Gasteiger partial charge in [0, 0.05) is 46.0 Å². The van der Waals surface area contributed by atoms with Crippen molar-refractivity contribution in [2.24, 2.45) is 0 Å². The van der Waals surface area contributed by atoms with Gasteiger partial charge in [0.15, 0.2) is 5.78 Å². The van der Waals surface area contributed by atoms with Crippen LogP contribution < -0.4 is 15.4 Å². The summed E-state index contributed by atoms with van der Waals surface area (Å²) in [6, 6.07) is 31.4. The van der Waals surface area contributed by atoms with Crippen molar-refractivity contribution < 1.29 is 9.53 Å². The minimum Gasteiger partial charge on any atom is -0.497 e. The zero-order valence-corrected chi connectivity index (χ0v) is 22.2. The Bertz CT molecular complexity index is 1760. The largest absolute Gasteiger partial charge is 0.497 e. The van der Waals surface area contributed by atoms with Gasteiger partial charge in [-0.3, -0.25) is 4.79 Å². The van der Waals surface area contributed by atoms with Gasteiger partial charge in [-0.15, -0.1) is 0 Å². The maximum atomic E-state index is 14.0. The number of hydrogen-bond donors (Lipinski definition) is 2. The van der Waals surface area contributed by atoms with Crippen molar-refractivity contribution >= 4 is 39.0 Å². The van der Waals surface area contributed by atoms with Crippen molar-refractivity contribution in [3.63, 3.8) is 0 Å². The predicted molar refractivity (Wildman–Crippen MR) is 159 cm³/mol. The smallest absolute Gasteiger partial charge is 0.163 e. The zero-order valence-electron chi connectivity index (χ0n) is 22.2. The highest BCUT2D eigenvalue weighted by Crippen LogP contribution is 2.45. The highest BCUT2D eigenvalue weighted by molar-refractivity contribution is 6.08. The Balaban J connectivity index is 1.36. The average Bonchev–Trinajstić information content (AvgIpc) is 3.18. The summed E-state index contributed by atoms with van der Waals surface area (Å²) in [6.07, 6.45) is 1.26. The number of Topliss-reactive ketones (excluding diaryl/α,β-unsaturated/α-hetero) is 1. The third kappa shape index (κ3) is 3.88. The van der Waals surface area contributed by atoms with Gasteiger partial charge in [0.2, 0.25) is 0 Å². The van der Waals surface area contributed by atoms with E-state index < -0.39 is 0 Å². The first-order valence-electron chi connectivity index (χ1n) is 13.7. The number of carbonyl (C=O) groups excluding carboxylic acids is 1. The number of hydrogen-bond acceptors (Lipinski definition) is 4. The van der Waals surface area contributed by atoms with Gasteiger partial charge in [0.1, 0.15) is 5.75 Å². The number of ketones is 1. The van der Waals surface area contributed by atoms with E-state index in [1.54, 1.807) is 7.11 Å². The molecule has 39 heavy (non-hydrogen) atoms. The minimum atomic E-state index is -0.242. The molecule has 0 bridgehead atoms. The number of carbonyl (C=O) groups is 1. The molecule has 4 aromatic carbocycles. The zero-order chi connectivity index (χ0) is 26.5. The molecular formula is C34H31N3O2. The van der Waals surface area contributed by atoms with Gasteiger partial charge in [-0.05, 0) is 72.9 Å². The lowest BCUT2D eigenvalue weighted by Crippen LogP contribution is -2.26. The molecule has 0 spiro atoms. The molecule has 1 aromatic heterocycles. The summed E-state index contributed by atoms with van der Waals surface area (Å²) in [4.78, 5) is 14.0. The van der Waals surface area contributed by atoms with Gasteiger partial charge in [0.05, 0.1) is 24.5 Å². The van der Waals surface area contributed by atoms with Crippen LogP contribution in [0.15, 0.2) is 102 Å². The van der Waals surface area contributed by atoms with Crippen molar-refractivity contribution in [1.82, 2.24) is 4.57 Å². The Hall–Kier alpha value is -4.51. The highest BCUT2D eigenvalue weighted by atomic mass is 16.5. The lowest BCUT2D eigenvalue weighted by atomic mass is 9.78. The Morgan fingerprint density at radius 3 is 2.33 bits per heavy atom. The first-order chi connectivity index (χ1) is 19.1. The van der Waals surface area contributed by atoms with Crippen LogP contribution in [0.3, 0.4) is 0 Å². The molecule has 5 nitrogen and oxygen atoms in total. The van der Waals surface area contributed by atoms with Crippen LogP contribution in [0.25, 0.3) is 21.8 Å². The number of para-hydroxylation sites is 3. The highest BCUT2D eigenvalue weighted by Gasteiger charge is 2.36. The number of benzene rings is 4. The van der Waals surface area contributed by atoms with Crippen molar-refractivity contribution in [2.75, 3.05) is 17.7 Å². The first-order valence-corrected chi connectivity index (χ1v) is 13.7. The van der Waals surface area contributed by atoms with E-state index in [2.05, 4.69) is 88.9 Å². The fourth-order valence-electron chi connectivity index (χ4n) is 6.45. The molecule has 7 rings (SSSR count). The molecule has 2 atom stereocenters. The molecule has 0 amide bonds. The summed E-state index contributed by atoms with van der Waals surface area (Å²) in [6.45, 7) is 3.09. The fourth-order valence-corrected chi connectivity index (χ4v) is 6.45. The van der Waals surface area contributed by atoms with Crippen LogP contribution >= 0.6 is 0 Å². The lowest BCUT2D eigenvalue weighted by Gasteiger charge is -2.30. The van der Waals surface area contributed by atoms with Crippen molar-refractivity contribution in [1.29, 1.82) is 0 Å². The van der Waals surface area contributed by atoms with E-state index in [9.17, 15) is 4.79 Å². The number of fused-ring (bicyclic) bond motifs is 4. The summed E-state index contributed by atoms with van der Waals surface area (Å²) in [5.74, 6) is 1.13. The van der Waals surface area contributed by atoms with Crippen LogP contribution in [-0.4, -0.2) is 17.5 Å². The van der Waals surface area contributed by atoms with Crippen LogP contribution in [0, 0.1) is 0 Å². The quantitative estimate of drug-likeness (QED) is 0.257. The average molecular weight is 514 g/mol. The number of anilines is 2. The minimum absolute atomic E-state index is 0.116. The molecule has 1 aliphatic carbocycles. The number of ether oxygens (including phenoxy) is 1. The van der Waals surface area contributed by atoms with E-state index in [1.165, 1.54) is 21.8 Å². The maximum Gasteiger partial charge on any atom is 0.163 e. The number of nitrogens with zero attached hydrogens (tertiary/aromatic N) is 1. The van der Waals surface area contributed by atoms with Crippen LogP contribution in [-0.2, 0) is 11.3 Å². The Morgan fingerprint density at radius 2 is 1.54 bits per heavy atom. The summed E-state index contributed by atoms with van der Waals surface area (Å²) in [7, 11) is 1.67. The molecule has 0 saturated carbocycles. The number of rotatable bonds is 4. The Morgan fingerprint density at radius 1 is 0.821 bits per heavy atom. The number of nitrogens with one attached hydrogen (secondary N) is 2. The standard InChI is InChI=1S/C34H31N3O2/c1-3-37-30-11-7-4-8-25(30)26-18-22(14-17-31(26)37)34-33-29(35-27-9-5-6-10-28(27)36-34)19-23(20-32(33)38)21-12-15-24(39-2)16-13-21/h4-18,23,34-36H,3,19-20H2,1-2H3. The third-order valence-corrected chi connectivity index (χ3v) is 8.34. The topological polar surface area (TPSA) is 55.3 Å². The molecule has 2 aliphatic rings. The van der Waals surface area contributed by atoms with Gasteiger partial charge in [0.25, 0.3) is 0 Å². The molecule has 194 valence electrons. The molecule has 5 aromatic rings. The van der Waals surface area contributed by atoms with Crippen molar-refractivity contribution in [3.8, 4) is 5.75 Å². The van der Waals surface area contributed by atoms with E-state index in [4.69, 9.17) is 4.74 Å². The van der Waals surface area contributed by atoms with E-state index >= 15 is 0 Å². The summed E-state index contributed by atoms with van der Waals surface area (Å²) < 4.78 is 7.71. The summed E-state index contributed by atoms with van der Waals surface area (Å²) in [5.41, 5.74) is 8.57. The fraction of sp³-hybridized carbons (Fsp3) is 0.206. The lowest BCUT2D eigenvalue weighted by molar-refractivity contribution is -0.116. The van der Waals surface area contributed by atoms with Crippen molar-refractivity contribution in [2.45, 2.75) is 38.3 Å². The number of aromatic nitrogens is 1. The van der Waals surface area contributed by atoms with Gasteiger partial charge < -0.3 is 19.9 Å². The number of allylic oxidation sites excluding steroid dienone is 1. The third-order valence-electron chi connectivity index (χ3n) is 8.34. The SMILES string of the molecule is CCn1c2ccccc2c2cc(C3Nc4ccccc4NC4=C3C(=O)CC(c3ccc(OC)cc3)C4)ccc21. The second kappa shape index (κ2) is 9.35. The molecule has 2 heterocycles. The van der Waals surface area contributed by atoms with E-state index in [0.29, 0.717) is 6.42 Å². The monoisotopic (exact) mass is 513 g/mol. The van der Waals surface area contributed by atoms with Crippen LogP contribution in [0.5, 0.6) is 5.75 Å². The van der Waals surface area contributed by atoms with E-state index in [1.807, 2.05) is 24.3 Å². The summed E-state index contributed by atoms with van der Waals surface area (Å²) in [5, 5.41) is 9.87. The molecule has 2 unspecified atom stereocenters. The Labute approximate surface area is 228 Å². The Kier molecular flexibility index (Phi) is 5.66. The predicted octanol–water partition coefficient (Wildman–Crippen LogP) is 7.80. The molecule has 1 aliphatic heterocycles.